The first kappa shape index (κ1) is 19.6. The highest BCUT2D eigenvalue weighted by atomic mass is 79.9. The van der Waals surface area contributed by atoms with E-state index in [-0.39, 0.29) is 24.4 Å². The van der Waals surface area contributed by atoms with E-state index in [1.807, 2.05) is 25.1 Å². The second-order valence-electron chi connectivity index (χ2n) is 6.15. The first-order valence-corrected chi connectivity index (χ1v) is 9.92. The Morgan fingerprint density at radius 2 is 1.67 bits per heavy atom. The molecule has 0 aliphatic carbocycles. The van der Waals surface area contributed by atoms with Gasteiger partial charge in [-0.25, -0.2) is 4.79 Å². The smallest absolute Gasteiger partial charge is 0.319 e. The summed E-state index contributed by atoms with van der Waals surface area (Å²) >= 11 is 6.69. The SMILES string of the molecule is Cc1cc(Br)ccc1NC(=O)NCCCN1C(=O)c2ccc(Br)cc2C1=O. The van der Waals surface area contributed by atoms with Crippen LogP contribution >= 0.6 is 31.9 Å². The van der Waals surface area contributed by atoms with Crippen molar-refractivity contribution in [2.45, 2.75) is 13.3 Å². The minimum absolute atomic E-state index is 0.252. The number of amides is 4. The largest absolute Gasteiger partial charge is 0.338 e. The maximum absolute atomic E-state index is 12.4. The van der Waals surface area contributed by atoms with Crippen LogP contribution in [0.25, 0.3) is 0 Å². The summed E-state index contributed by atoms with van der Waals surface area (Å²) in [6.07, 6.45) is 0.472. The molecule has 27 heavy (non-hydrogen) atoms. The molecule has 0 saturated heterocycles. The molecule has 1 aliphatic heterocycles. The molecule has 0 radical (unpaired) electrons. The maximum atomic E-state index is 12.4. The number of halogens is 2. The molecule has 0 fully saturated rings. The Balaban J connectivity index is 1.48. The lowest BCUT2D eigenvalue weighted by atomic mass is 10.1. The van der Waals surface area contributed by atoms with Crippen molar-refractivity contribution in [3.8, 4) is 0 Å². The van der Waals surface area contributed by atoms with Gasteiger partial charge in [-0.1, -0.05) is 31.9 Å². The monoisotopic (exact) mass is 493 g/mol. The summed E-state index contributed by atoms with van der Waals surface area (Å²) in [5, 5.41) is 5.52. The maximum Gasteiger partial charge on any atom is 0.319 e. The molecule has 0 saturated carbocycles. The third-order valence-corrected chi connectivity index (χ3v) is 5.20. The number of hydrogen-bond donors (Lipinski definition) is 2. The van der Waals surface area contributed by atoms with Crippen molar-refractivity contribution in [1.29, 1.82) is 0 Å². The number of rotatable bonds is 5. The highest BCUT2D eigenvalue weighted by Crippen LogP contribution is 2.26. The minimum Gasteiger partial charge on any atom is -0.338 e. The summed E-state index contributed by atoms with van der Waals surface area (Å²) < 4.78 is 1.70. The van der Waals surface area contributed by atoms with Gasteiger partial charge in [-0.05, 0) is 55.3 Å². The van der Waals surface area contributed by atoms with E-state index in [4.69, 9.17) is 0 Å². The van der Waals surface area contributed by atoms with E-state index in [2.05, 4.69) is 42.5 Å². The normalized spacial score (nSPS) is 12.9. The van der Waals surface area contributed by atoms with Gasteiger partial charge < -0.3 is 10.6 Å². The van der Waals surface area contributed by atoms with Crippen LogP contribution in [0.1, 0.15) is 32.7 Å². The van der Waals surface area contributed by atoms with Gasteiger partial charge in [0.2, 0.25) is 0 Å². The zero-order valence-corrected chi connectivity index (χ0v) is 17.7. The zero-order valence-electron chi connectivity index (χ0n) is 14.5. The van der Waals surface area contributed by atoms with Crippen LogP contribution in [-0.2, 0) is 0 Å². The first-order valence-electron chi connectivity index (χ1n) is 8.33. The number of carbonyl (C=O) groups is 3. The molecule has 1 aliphatic rings. The summed E-state index contributed by atoms with van der Waals surface area (Å²) in [5.74, 6) is -0.594. The number of carbonyl (C=O) groups excluding carboxylic acids is 3. The van der Waals surface area contributed by atoms with Crippen molar-refractivity contribution in [2.75, 3.05) is 18.4 Å². The van der Waals surface area contributed by atoms with E-state index in [1.54, 1.807) is 18.2 Å². The quantitative estimate of drug-likeness (QED) is 0.479. The number of anilines is 1. The van der Waals surface area contributed by atoms with Gasteiger partial charge in [0.15, 0.2) is 0 Å². The number of fused-ring (bicyclic) bond motifs is 1. The van der Waals surface area contributed by atoms with Crippen molar-refractivity contribution in [2.24, 2.45) is 0 Å². The first-order chi connectivity index (χ1) is 12.9. The molecule has 0 bridgehead atoms. The molecule has 2 aromatic rings. The topological polar surface area (TPSA) is 78.5 Å². The lowest BCUT2D eigenvalue weighted by Gasteiger charge is -2.14. The molecule has 6 nitrogen and oxygen atoms in total. The third-order valence-electron chi connectivity index (χ3n) is 4.21. The number of nitrogens with one attached hydrogen (secondary N) is 2. The fourth-order valence-corrected chi connectivity index (χ4v) is 3.68. The summed E-state index contributed by atoms with van der Waals surface area (Å²) in [6, 6.07) is 10.3. The summed E-state index contributed by atoms with van der Waals surface area (Å²) in [4.78, 5) is 37.9. The molecule has 2 aromatic carbocycles. The van der Waals surface area contributed by atoms with Gasteiger partial charge in [-0.3, -0.25) is 14.5 Å². The van der Waals surface area contributed by atoms with E-state index in [0.717, 1.165) is 20.2 Å². The molecule has 1 heterocycles. The molecule has 8 heteroatoms. The number of urea groups is 1. The van der Waals surface area contributed by atoms with Crippen LogP contribution < -0.4 is 10.6 Å². The average molecular weight is 495 g/mol. The van der Waals surface area contributed by atoms with Gasteiger partial charge in [0.25, 0.3) is 11.8 Å². The lowest BCUT2D eigenvalue weighted by molar-refractivity contribution is 0.0653. The van der Waals surface area contributed by atoms with Crippen molar-refractivity contribution in [1.82, 2.24) is 10.2 Å². The Labute approximate surface area is 173 Å². The Morgan fingerprint density at radius 1 is 1.00 bits per heavy atom. The molecule has 140 valence electrons. The van der Waals surface area contributed by atoms with Crippen LogP contribution in [0.4, 0.5) is 10.5 Å². The van der Waals surface area contributed by atoms with Crippen LogP contribution in [0.15, 0.2) is 45.3 Å². The molecular weight excluding hydrogens is 478 g/mol. The van der Waals surface area contributed by atoms with Gasteiger partial charge in [-0.2, -0.15) is 0 Å². The Hall–Kier alpha value is -2.19. The number of hydrogen-bond acceptors (Lipinski definition) is 3. The molecule has 0 aromatic heterocycles. The van der Waals surface area contributed by atoms with Crippen molar-refractivity contribution >= 4 is 55.4 Å². The fourth-order valence-electron chi connectivity index (χ4n) is 2.84. The van der Waals surface area contributed by atoms with Crippen molar-refractivity contribution in [3.63, 3.8) is 0 Å². The Morgan fingerprint density at radius 3 is 2.41 bits per heavy atom. The standard InChI is InChI=1S/C19H17Br2N3O3/c1-11-9-12(20)4-6-16(11)23-19(27)22-7-2-8-24-17(25)14-5-3-13(21)10-15(14)18(24)26/h3-6,9-10H,2,7-8H2,1H3,(H2,22,23,27). The number of benzene rings is 2. The second-order valence-corrected chi connectivity index (χ2v) is 7.98. The third kappa shape index (κ3) is 4.39. The van der Waals surface area contributed by atoms with Gasteiger partial charge >= 0.3 is 6.03 Å². The fraction of sp³-hybridized carbons (Fsp3) is 0.211. The van der Waals surface area contributed by atoms with Crippen molar-refractivity contribution < 1.29 is 14.4 Å². The van der Waals surface area contributed by atoms with E-state index in [9.17, 15) is 14.4 Å². The molecule has 0 atom stereocenters. The summed E-state index contributed by atoms with van der Waals surface area (Å²) in [7, 11) is 0. The lowest BCUT2D eigenvalue weighted by Crippen LogP contribution is -2.35. The predicted molar refractivity (Wildman–Crippen MR) is 110 cm³/mol. The van der Waals surface area contributed by atoms with E-state index >= 15 is 0 Å². The summed E-state index contributed by atoms with van der Waals surface area (Å²) in [5.41, 5.74) is 2.49. The van der Waals surface area contributed by atoms with E-state index in [1.165, 1.54) is 4.90 Å². The van der Waals surface area contributed by atoms with Crippen LogP contribution in [0.3, 0.4) is 0 Å². The number of nitrogens with zero attached hydrogens (tertiary/aromatic N) is 1. The Bertz CT molecular complexity index is 930. The van der Waals surface area contributed by atoms with Crippen LogP contribution in [0, 0.1) is 6.92 Å². The molecule has 0 spiro atoms. The van der Waals surface area contributed by atoms with Crippen LogP contribution in [0.2, 0.25) is 0 Å². The highest BCUT2D eigenvalue weighted by molar-refractivity contribution is 9.10. The predicted octanol–water partition coefficient (Wildman–Crippen LogP) is 4.33. The highest BCUT2D eigenvalue weighted by Gasteiger charge is 2.34. The average Bonchev–Trinajstić information content (AvgIpc) is 2.85. The minimum atomic E-state index is -0.327. The van der Waals surface area contributed by atoms with E-state index < -0.39 is 0 Å². The van der Waals surface area contributed by atoms with Crippen LogP contribution in [-0.4, -0.2) is 35.8 Å². The molecular formula is C19H17Br2N3O3. The van der Waals surface area contributed by atoms with Gasteiger partial charge in [0.1, 0.15) is 0 Å². The Kier molecular flexibility index (Phi) is 5.96. The second kappa shape index (κ2) is 8.22. The van der Waals surface area contributed by atoms with Gasteiger partial charge in [0.05, 0.1) is 11.1 Å². The number of imide groups is 1. The van der Waals surface area contributed by atoms with Gasteiger partial charge in [0, 0.05) is 27.7 Å². The molecule has 4 amide bonds. The molecule has 0 unspecified atom stereocenters. The zero-order chi connectivity index (χ0) is 19.6. The van der Waals surface area contributed by atoms with Gasteiger partial charge in [-0.15, -0.1) is 0 Å². The van der Waals surface area contributed by atoms with E-state index in [0.29, 0.717) is 24.1 Å². The van der Waals surface area contributed by atoms with Crippen LogP contribution in [0.5, 0.6) is 0 Å². The number of aryl methyl sites for hydroxylation is 1. The van der Waals surface area contributed by atoms with Crippen molar-refractivity contribution in [3.05, 3.63) is 62.0 Å². The summed E-state index contributed by atoms with van der Waals surface area (Å²) in [6.45, 7) is 2.50. The molecule has 2 N–H and O–H groups in total. The molecule has 3 rings (SSSR count).